The van der Waals surface area contributed by atoms with Crippen LogP contribution in [0.2, 0.25) is 0 Å². The van der Waals surface area contributed by atoms with Crippen LogP contribution in [-0.2, 0) is 19.1 Å². The number of esters is 1. The molecule has 9 N–H and O–H groups in total. The van der Waals surface area contributed by atoms with Crippen molar-refractivity contribution in [2.24, 2.45) is 0 Å². The van der Waals surface area contributed by atoms with Crippen molar-refractivity contribution in [3.8, 4) is 40.1 Å². The molecular formula is C25H25O15+. The van der Waals surface area contributed by atoms with Gasteiger partial charge in [-0.2, -0.15) is 0 Å². The smallest absolute Gasteiger partial charge is 0.402 e. The molecule has 1 fully saturated rings. The maximum Gasteiger partial charge on any atom is 0.402 e. The van der Waals surface area contributed by atoms with Gasteiger partial charge in [0, 0.05) is 18.2 Å². The SMILES string of the molecule is O=C(O)CC(O)C(=O)OCC1O[C@@H](Oc2cc3c(O)cc(O)cc3[o+]c2-c2ccc(O)c(O)c2)C(O)C(O)[C@@H]1O. The van der Waals surface area contributed by atoms with Crippen LogP contribution in [0.4, 0.5) is 0 Å². The minimum Gasteiger partial charge on any atom is -0.507 e. The molecule has 1 aromatic heterocycles. The van der Waals surface area contributed by atoms with E-state index in [0.29, 0.717) is 0 Å². The summed E-state index contributed by atoms with van der Waals surface area (Å²) < 4.78 is 21.8. The predicted octanol–water partition coefficient (Wildman–Crippen LogP) is -0.232. The van der Waals surface area contributed by atoms with Gasteiger partial charge in [0.2, 0.25) is 12.0 Å². The van der Waals surface area contributed by atoms with E-state index in [2.05, 4.69) is 0 Å². The Morgan fingerprint density at radius 2 is 1.65 bits per heavy atom. The molecule has 1 saturated heterocycles. The lowest BCUT2D eigenvalue weighted by molar-refractivity contribution is -0.279. The molecule has 0 amide bonds. The summed E-state index contributed by atoms with van der Waals surface area (Å²) in [5, 5.41) is 89.4. The van der Waals surface area contributed by atoms with Crippen LogP contribution in [0.5, 0.6) is 28.7 Å². The van der Waals surface area contributed by atoms with Crippen LogP contribution in [0.25, 0.3) is 22.3 Å². The fraction of sp³-hybridized carbons (Fsp3) is 0.320. The molecule has 1 aliphatic rings. The molecule has 0 bridgehead atoms. The maximum atomic E-state index is 11.9. The first kappa shape index (κ1) is 28.6. The number of carbonyl (C=O) groups is 2. The minimum atomic E-state index is -2.00. The van der Waals surface area contributed by atoms with E-state index in [4.69, 9.17) is 23.7 Å². The standard InChI is InChI=1S/C25H24O15/c26-10-4-13(28)11-6-17(23(38-16(11)5-10)9-1-2-12(27)14(29)3-9)39-25-22(35)21(34)20(33)18(40-25)8-37-24(36)15(30)7-19(31)32/h1-6,15,18,20-22,25,30,33-35H,7-8H2,(H4-,26,27,28,29,31,32)/p+1/t15?,18?,20-,21?,22?,25-/m1/s1. The molecule has 0 saturated carbocycles. The number of carboxylic acid groups (broad SMARTS) is 1. The Labute approximate surface area is 223 Å². The van der Waals surface area contributed by atoms with Gasteiger partial charge in [-0.1, -0.05) is 0 Å². The van der Waals surface area contributed by atoms with E-state index in [1.54, 1.807) is 0 Å². The van der Waals surface area contributed by atoms with Gasteiger partial charge in [-0.3, -0.25) is 4.79 Å². The number of aliphatic hydroxyl groups excluding tert-OH is 4. The van der Waals surface area contributed by atoms with E-state index in [-0.39, 0.29) is 33.8 Å². The van der Waals surface area contributed by atoms with E-state index in [9.17, 15) is 50.4 Å². The summed E-state index contributed by atoms with van der Waals surface area (Å²) in [5.41, 5.74) is 0.0940. The molecule has 2 aromatic carbocycles. The summed E-state index contributed by atoms with van der Waals surface area (Å²) in [4.78, 5) is 22.6. The Morgan fingerprint density at radius 3 is 2.33 bits per heavy atom. The zero-order valence-corrected chi connectivity index (χ0v) is 20.3. The van der Waals surface area contributed by atoms with Crippen LogP contribution in [-0.4, -0.2) is 101 Å². The number of carboxylic acids is 1. The number of fused-ring (bicyclic) bond motifs is 1. The summed E-state index contributed by atoms with van der Waals surface area (Å²) in [5.74, 6) is -4.93. The number of hydrogen-bond acceptors (Lipinski definition) is 13. The fourth-order valence-electron chi connectivity index (χ4n) is 3.92. The van der Waals surface area contributed by atoms with Gasteiger partial charge >= 0.3 is 23.3 Å². The Balaban J connectivity index is 1.66. The van der Waals surface area contributed by atoms with Gasteiger partial charge in [0.1, 0.15) is 47.9 Å². The average molecular weight is 565 g/mol. The number of aliphatic carboxylic acids is 1. The Hall–Kier alpha value is -4.41. The topological polar surface area (TPSA) is 255 Å². The minimum absolute atomic E-state index is 0.0299. The zero-order valence-electron chi connectivity index (χ0n) is 20.3. The molecule has 1 aliphatic heterocycles. The summed E-state index contributed by atoms with van der Waals surface area (Å²) in [6.07, 6.45) is -11.8. The van der Waals surface area contributed by atoms with Gasteiger partial charge in [0.15, 0.2) is 17.6 Å². The molecule has 0 spiro atoms. The molecule has 0 aliphatic carbocycles. The van der Waals surface area contributed by atoms with Crippen LogP contribution in [0.15, 0.2) is 40.8 Å². The molecule has 40 heavy (non-hydrogen) atoms. The van der Waals surface area contributed by atoms with Crippen molar-refractivity contribution in [1.82, 2.24) is 0 Å². The number of carbonyl (C=O) groups excluding carboxylic acids is 1. The van der Waals surface area contributed by atoms with Crippen molar-refractivity contribution in [2.45, 2.75) is 43.2 Å². The van der Waals surface area contributed by atoms with Crippen LogP contribution in [0.3, 0.4) is 0 Å². The fourth-order valence-corrected chi connectivity index (χ4v) is 3.92. The highest BCUT2D eigenvalue weighted by Crippen LogP contribution is 2.42. The number of rotatable bonds is 8. The monoisotopic (exact) mass is 565 g/mol. The average Bonchev–Trinajstić information content (AvgIpc) is 2.89. The second kappa shape index (κ2) is 11.4. The Kier molecular flexibility index (Phi) is 8.13. The lowest BCUT2D eigenvalue weighted by Crippen LogP contribution is -2.60. The third-order valence-corrected chi connectivity index (χ3v) is 6.00. The first-order valence-electron chi connectivity index (χ1n) is 11.6. The number of ether oxygens (including phenoxy) is 3. The molecule has 4 unspecified atom stereocenters. The van der Waals surface area contributed by atoms with E-state index < -0.39 is 79.0 Å². The first-order chi connectivity index (χ1) is 18.8. The van der Waals surface area contributed by atoms with Crippen LogP contribution in [0.1, 0.15) is 6.42 Å². The molecule has 6 atom stereocenters. The number of benzene rings is 2. The van der Waals surface area contributed by atoms with E-state index in [1.165, 1.54) is 18.2 Å². The Bertz CT molecular complexity index is 1420. The summed E-state index contributed by atoms with van der Waals surface area (Å²) in [7, 11) is 0. The van der Waals surface area contributed by atoms with Crippen molar-refractivity contribution in [1.29, 1.82) is 0 Å². The number of phenolic OH excluding ortho intramolecular Hbond substituents is 4. The van der Waals surface area contributed by atoms with Gasteiger partial charge in [0.05, 0.1) is 18.1 Å². The predicted molar refractivity (Wildman–Crippen MR) is 129 cm³/mol. The maximum absolute atomic E-state index is 11.9. The van der Waals surface area contributed by atoms with Crippen molar-refractivity contribution >= 4 is 22.9 Å². The summed E-state index contributed by atoms with van der Waals surface area (Å²) in [6, 6.07) is 7.01. The van der Waals surface area contributed by atoms with Gasteiger partial charge in [0.25, 0.3) is 0 Å². The molecule has 214 valence electrons. The highest BCUT2D eigenvalue weighted by Gasteiger charge is 2.46. The third-order valence-electron chi connectivity index (χ3n) is 6.00. The van der Waals surface area contributed by atoms with Crippen LogP contribution in [0, 0.1) is 0 Å². The molecular weight excluding hydrogens is 540 g/mol. The zero-order chi connectivity index (χ0) is 29.3. The molecule has 0 radical (unpaired) electrons. The molecule has 3 aromatic rings. The van der Waals surface area contributed by atoms with Gasteiger partial charge in [-0.25, -0.2) is 9.21 Å². The van der Waals surface area contributed by atoms with Gasteiger partial charge < -0.3 is 60.2 Å². The third kappa shape index (κ3) is 5.93. The molecule has 15 nitrogen and oxygen atoms in total. The van der Waals surface area contributed by atoms with Gasteiger partial charge in [-0.15, -0.1) is 0 Å². The number of hydrogen-bond donors (Lipinski definition) is 9. The highest BCUT2D eigenvalue weighted by molar-refractivity contribution is 5.88. The van der Waals surface area contributed by atoms with Crippen molar-refractivity contribution in [3.63, 3.8) is 0 Å². The molecule has 15 heteroatoms. The van der Waals surface area contributed by atoms with E-state index in [1.807, 2.05) is 0 Å². The van der Waals surface area contributed by atoms with Crippen LogP contribution < -0.4 is 4.74 Å². The van der Waals surface area contributed by atoms with E-state index in [0.717, 1.165) is 18.2 Å². The lowest BCUT2D eigenvalue weighted by Gasteiger charge is -2.39. The second-order valence-electron chi connectivity index (χ2n) is 8.90. The lowest BCUT2D eigenvalue weighted by atomic mass is 9.99. The summed E-state index contributed by atoms with van der Waals surface area (Å²) >= 11 is 0. The van der Waals surface area contributed by atoms with Crippen LogP contribution >= 0.6 is 0 Å². The normalized spacial score (nSPS) is 23.4. The van der Waals surface area contributed by atoms with Crippen molar-refractivity contribution < 1.29 is 74.2 Å². The quantitative estimate of drug-likeness (QED) is 0.0971. The number of aliphatic hydroxyl groups is 4. The van der Waals surface area contributed by atoms with Crippen molar-refractivity contribution in [2.75, 3.05) is 6.61 Å². The highest BCUT2D eigenvalue weighted by atomic mass is 16.7. The summed E-state index contributed by atoms with van der Waals surface area (Å²) in [6.45, 7) is -0.777. The first-order valence-corrected chi connectivity index (χ1v) is 11.6. The Morgan fingerprint density at radius 1 is 0.925 bits per heavy atom. The largest absolute Gasteiger partial charge is 0.507 e. The van der Waals surface area contributed by atoms with Crippen molar-refractivity contribution in [3.05, 3.63) is 36.4 Å². The number of phenols is 4. The second-order valence-corrected chi connectivity index (χ2v) is 8.90. The van der Waals surface area contributed by atoms with Gasteiger partial charge in [-0.05, 0) is 12.1 Å². The molecule has 2 heterocycles. The number of aromatic hydroxyl groups is 4. The molecule has 4 rings (SSSR count). The van der Waals surface area contributed by atoms with E-state index >= 15 is 0 Å².